The lowest BCUT2D eigenvalue weighted by molar-refractivity contribution is -0.148. The number of hydrogen-bond donors (Lipinski definition) is 2. The highest BCUT2D eigenvalue weighted by atomic mass is 16.5. The highest BCUT2D eigenvalue weighted by Crippen LogP contribution is 2.21. The first-order valence-corrected chi connectivity index (χ1v) is 6.37. The molecule has 0 aromatic heterocycles. The summed E-state index contributed by atoms with van der Waals surface area (Å²) in [5, 5.41) is 11.3. The highest BCUT2D eigenvalue weighted by Gasteiger charge is 2.27. The predicted octanol–water partition coefficient (Wildman–Crippen LogP) is 1.24. The van der Waals surface area contributed by atoms with E-state index < -0.39 is 12.0 Å². The molecule has 0 bridgehead atoms. The number of carbonyl (C=O) groups excluding carboxylic acids is 2. The van der Waals surface area contributed by atoms with Crippen LogP contribution in [-0.2, 0) is 14.3 Å². The van der Waals surface area contributed by atoms with E-state index in [1.165, 1.54) is 0 Å². The van der Waals surface area contributed by atoms with Gasteiger partial charge in [-0.05, 0) is 25.2 Å². The van der Waals surface area contributed by atoms with E-state index in [0.29, 0.717) is 19.4 Å². The van der Waals surface area contributed by atoms with Gasteiger partial charge in [-0.2, -0.15) is 0 Å². The minimum absolute atomic E-state index is 0.0310. The zero-order chi connectivity index (χ0) is 14.2. The van der Waals surface area contributed by atoms with E-state index in [1.54, 1.807) is 6.92 Å². The smallest absolute Gasteiger partial charge is 0.328 e. The lowest BCUT2D eigenvalue weighted by atomic mass is 9.88. The number of aliphatic hydroxyl groups is 1. The van der Waals surface area contributed by atoms with Crippen LogP contribution in [0.15, 0.2) is 0 Å². The molecule has 0 saturated carbocycles. The van der Waals surface area contributed by atoms with Crippen molar-refractivity contribution < 1.29 is 19.4 Å². The molecule has 0 aromatic rings. The van der Waals surface area contributed by atoms with Crippen molar-refractivity contribution in [2.45, 2.75) is 53.0 Å². The Morgan fingerprint density at radius 2 is 1.94 bits per heavy atom. The lowest BCUT2D eigenvalue weighted by Gasteiger charge is -2.25. The first-order valence-electron chi connectivity index (χ1n) is 6.37. The van der Waals surface area contributed by atoms with Crippen molar-refractivity contribution in [1.82, 2.24) is 5.32 Å². The number of nitrogens with one attached hydrogen (secondary N) is 1. The number of hydrogen-bond acceptors (Lipinski definition) is 4. The van der Waals surface area contributed by atoms with Crippen LogP contribution in [0.4, 0.5) is 0 Å². The van der Waals surface area contributed by atoms with Crippen LogP contribution in [0.25, 0.3) is 0 Å². The summed E-state index contributed by atoms with van der Waals surface area (Å²) in [6, 6.07) is -0.615. The molecule has 0 spiro atoms. The fraction of sp³-hybridized carbons (Fsp3) is 0.846. The molecule has 1 atom stereocenters. The molecule has 0 fully saturated rings. The number of esters is 1. The summed E-state index contributed by atoms with van der Waals surface area (Å²) in [4.78, 5) is 23.3. The van der Waals surface area contributed by atoms with Gasteiger partial charge < -0.3 is 15.2 Å². The summed E-state index contributed by atoms with van der Waals surface area (Å²) in [7, 11) is 0. The number of carbonyl (C=O) groups is 2. The molecule has 0 aliphatic heterocycles. The van der Waals surface area contributed by atoms with Gasteiger partial charge in [-0.15, -0.1) is 0 Å². The Hall–Kier alpha value is -1.10. The number of amides is 1. The maximum Gasteiger partial charge on any atom is 0.328 e. The average Bonchev–Trinajstić information content (AvgIpc) is 2.24. The molecule has 0 radical (unpaired) electrons. The monoisotopic (exact) mass is 259 g/mol. The van der Waals surface area contributed by atoms with Gasteiger partial charge >= 0.3 is 5.97 Å². The second kappa shape index (κ2) is 8.08. The Balaban J connectivity index is 4.47. The lowest BCUT2D eigenvalue weighted by Crippen LogP contribution is -2.44. The normalized spacial score (nSPS) is 12.9. The van der Waals surface area contributed by atoms with Crippen molar-refractivity contribution >= 4 is 11.9 Å². The summed E-state index contributed by atoms with van der Waals surface area (Å²) >= 11 is 0. The van der Waals surface area contributed by atoms with Crippen LogP contribution in [0.1, 0.15) is 47.0 Å². The largest absolute Gasteiger partial charge is 0.464 e. The first kappa shape index (κ1) is 16.9. The van der Waals surface area contributed by atoms with Crippen molar-refractivity contribution in [2.75, 3.05) is 13.2 Å². The van der Waals surface area contributed by atoms with Crippen molar-refractivity contribution in [3.63, 3.8) is 0 Å². The van der Waals surface area contributed by atoms with Gasteiger partial charge in [0.2, 0.25) is 5.91 Å². The van der Waals surface area contributed by atoms with Crippen LogP contribution in [0.5, 0.6) is 0 Å². The van der Waals surface area contributed by atoms with E-state index in [4.69, 9.17) is 9.84 Å². The SMILES string of the molecule is CCOC(=O)C(CC(C)(C)C)NC(=O)CCCO. The third-order valence-electron chi connectivity index (χ3n) is 2.28. The summed E-state index contributed by atoms with van der Waals surface area (Å²) in [6.45, 7) is 8.00. The standard InChI is InChI=1S/C13H25NO4/c1-5-18-12(17)10(9-13(2,3)4)14-11(16)7-6-8-15/h10,15H,5-9H2,1-4H3,(H,14,16). The van der Waals surface area contributed by atoms with Gasteiger partial charge in [-0.25, -0.2) is 4.79 Å². The van der Waals surface area contributed by atoms with E-state index in [1.807, 2.05) is 20.8 Å². The van der Waals surface area contributed by atoms with E-state index in [2.05, 4.69) is 5.32 Å². The molecule has 0 rings (SSSR count). The van der Waals surface area contributed by atoms with E-state index in [0.717, 1.165) is 0 Å². The maximum atomic E-state index is 11.7. The number of rotatable bonds is 7. The molecule has 18 heavy (non-hydrogen) atoms. The summed E-state index contributed by atoms with van der Waals surface area (Å²) in [5.41, 5.74) is -0.0817. The number of aliphatic hydroxyl groups excluding tert-OH is 1. The molecule has 0 heterocycles. The van der Waals surface area contributed by atoms with Crippen LogP contribution in [0.2, 0.25) is 0 Å². The van der Waals surface area contributed by atoms with E-state index >= 15 is 0 Å². The van der Waals surface area contributed by atoms with Gasteiger partial charge in [-0.3, -0.25) is 4.79 Å². The number of ether oxygens (including phenoxy) is 1. The molecule has 0 aliphatic carbocycles. The van der Waals surface area contributed by atoms with Crippen molar-refractivity contribution in [1.29, 1.82) is 0 Å². The van der Waals surface area contributed by atoms with Crippen molar-refractivity contribution in [2.24, 2.45) is 5.41 Å². The molecule has 5 nitrogen and oxygen atoms in total. The Morgan fingerprint density at radius 3 is 2.39 bits per heavy atom. The van der Waals surface area contributed by atoms with E-state index in [-0.39, 0.29) is 24.3 Å². The maximum absolute atomic E-state index is 11.7. The Morgan fingerprint density at radius 1 is 1.33 bits per heavy atom. The van der Waals surface area contributed by atoms with Crippen LogP contribution in [-0.4, -0.2) is 36.2 Å². The molecular weight excluding hydrogens is 234 g/mol. The topological polar surface area (TPSA) is 75.6 Å². The molecule has 1 unspecified atom stereocenters. The van der Waals surface area contributed by atoms with Gasteiger partial charge in [0, 0.05) is 13.0 Å². The zero-order valence-corrected chi connectivity index (χ0v) is 11.8. The Bertz CT molecular complexity index is 271. The molecule has 5 heteroatoms. The fourth-order valence-corrected chi connectivity index (χ4v) is 1.55. The van der Waals surface area contributed by atoms with Crippen molar-refractivity contribution in [3.05, 3.63) is 0 Å². The van der Waals surface area contributed by atoms with Crippen molar-refractivity contribution in [3.8, 4) is 0 Å². The Labute approximate surface area is 109 Å². The van der Waals surface area contributed by atoms with Crippen LogP contribution in [0.3, 0.4) is 0 Å². The molecular formula is C13H25NO4. The molecule has 106 valence electrons. The van der Waals surface area contributed by atoms with E-state index in [9.17, 15) is 9.59 Å². The first-order chi connectivity index (χ1) is 8.30. The molecule has 0 aromatic carbocycles. The fourth-order valence-electron chi connectivity index (χ4n) is 1.55. The van der Waals surface area contributed by atoms with Gasteiger partial charge in [0.25, 0.3) is 0 Å². The van der Waals surface area contributed by atoms with Gasteiger partial charge in [0.1, 0.15) is 6.04 Å². The minimum Gasteiger partial charge on any atom is -0.464 e. The van der Waals surface area contributed by atoms with Gasteiger partial charge in [0.15, 0.2) is 0 Å². The molecule has 0 aliphatic rings. The Kier molecular flexibility index (Phi) is 7.59. The second-order valence-electron chi connectivity index (χ2n) is 5.46. The summed E-state index contributed by atoms with van der Waals surface area (Å²) < 4.78 is 4.95. The van der Waals surface area contributed by atoms with Gasteiger partial charge in [0.05, 0.1) is 6.61 Å². The molecule has 1 amide bonds. The highest BCUT2D eigenvalue weighted by molar-refractivity contribution is 5.84. The van der Waals surface area contributed by atoms with Crippen LogP contribution >= 0.6 is 0 Å². The predicted molar refractivity (Wildman–Crippen MR) is 69.0 cm³/mol. The second-order valence-corrected chi connectivity index (χ2v) is 5.46. The summed E-state index contributed by atoms with van der Waals surface area (Å²) in [5.74, 6) is -0.629. The molecule has 0 saturated heterocycles. The third kappa shape index (κ3) is 8.06. The van der Waals surface area contributed by atoms with Gasteiger partial charge in [-0.1, -0.05) is 20.8 Å². The third-order valence-corrected chi connectivity index (χ3v) is 2.28. The quantitative estimate of drug-likeness (QED) is 0.675. The van der Waals surface area contributed by atoms with Crippen LogP contribution < -0.4 is 5.32 Å². The average molecular weight is 259 g/mol. The zero-order valence-electron chi connectivity index (χ0n) is 11.8. The molecule has 2 N–H and O–H groups in total. The summed E-state index contributed by atoms with van der Waals surface area (Å²) in [6.07, 6.45) is 1.14. The van der Waals surface area contributed by atoms with Crippen LogP contribution in [0, 0.1) is 5.41 Å². The minimum atomic E-state index is -0.615.